The van der Waals surface area contributed by atoms with Gasteiger partial charge in [0.1, 0.15) is 5.82 Å². The van der Waals surface area contributed by atoms with Crippen molar-refractivity contribution in [1.29, 1.82) is 0 Å². The molecule has 0 saturated heterocycles. The zero-order valence-electron chi connectivity index (χ0n) is 10.0. The SMILES string of the molecule is Cc1ncc(C(=O)N(C)C(C)CC(=O)O)cn1. The number of aryl methyl sites for hydroxylation is 1. The second-order valence-electron chi connectivity index (χ2n) is 3.88. The van der Waals surface area contributed by atoms with E-state index in [0.717, 1.165) is 0 Å². The van der Waals surface area contributed by atoms with Gasteiger partial charge in [-0.1, -0.05) is 0 Å². The summed E-state index contributed by atoms with van der Waals surface area (Å²) < 4.78 is 0. The number of carbonyl (C=O) groups is 2. The van der Waals surface area contributed by atoms with Crippen LogP contribution < -0.4 is 0 Å². The Hall–Kier alpha value is -1.98. The number of carboxylic acid groups (broad SMARTS) is 1. The lowest BCUT2D eigenvalue weighted by molar-refractivity contribution is -0.137. The van der Waals surface area contributed by atoms with Crippen LogP contribution in [0.1, 0.15) is 29.5 Å². The smallest absolute Gasteiger partial charge is 0.305 e. The number of aromatic nitrogens is 2. The van der Waals surface area contributed by atoms with Crippen molar-refractivity contribution in [3.8, 4) is 0 Å². The normalized spacial score (nSPS) is 11.9. The molecule has 1 aromatic heterocycles. The molecule has 1 amide bonds. The average molecular weight is 237 g/mol. The minimum atomic E-state index is -0.933. The van der Waals surface area contributed by atoms with Crippen LogP contribution in [0.25, 0.3) is 0 Å². The first-order chi connectivity index (χ1) is 7.91. The molecule has 1 atom stereocenters. The highest BCUT2D eigenvalue weighted by molar-refractivity contribution is 5.93. The minimum Gasteiger partial charge on any atom is -0.481 e. The molecule has 0 radical (unpaired) electrons. The maximum absolute atomic E-state index is 11.9. The fourth-order valence-electron chi connectivity index (χ4n) is 1.30. The van der Waals surface area contributed by atoms with Gasteiger partial charge in [0.15, 0.2) is 0 Å². The lowest BCUT2D eigenvalue weighted by Crippen LogP contribution is -2.36. The fraction of sp³-hybridized carbons (Fsp3) is 0.455. The molecular formula is C11H15N3O3. The summed E-state index contributed by atoms with van der Waals surface area (Å²) in [4.78, 5) is 31.7. The lowest BCUT2D eigenvalue weighted by atomic mass is 10.2. The first kappa shape index (κ1) is 13.1. The van der Waals surface area contributed by atoms with Crippen molar-refractivity contribution < 1.29 is 14.7 Å². The maximum Gasteiger partial charge on any atom is 0.305 e. The molecular weight excluding hydrogens is 222 g/mol. The van der Waals surface area contributed by atoms with E-state index in [-0.39, 0.29) is 18.4 Å². The van der Waals surface area contributed by atoms with Crippen LogP contribution in [0.4, 0.5) is 0 Å². The average Bonchev–Trinajstić information content (AvgIpc) is 2.27. The first-order valence-electron chi connectivity index (χ1n) is 5.19. The third-order valence-electron chi connectivity index (χ3n) is 2.48. The van der Waals surface area contributed by atoms with Crippen LogP contribution in [0.15, 0.2) is 12.4 Å². The molecule has 17 heavy (non-hydrogen) atoms. The van der Waals surface area contributed by atoms with E-state index < -0.39 is 5.97 Å². The van der Waals surface area contributed by atoms with Gasteiger partial charge in [-0.15, -0.1) is 0 Å². The molecule has 92 valence electrons. The molecule has 0 fully saturated rings. The summed E-state index contributed by atoms with van der Waals surface area (Å²) in [5.74, 6) is -0.626. The molecule has 0 aromatic carbocycles. The Balaban J connectivity index is 2.75. The van der Waals surface area contributed by atoms with Crippen molar-refractivity contribution in [3.05, 3.63) is 23.8 Å². The van der Waals surface area contributed by atoms with Crippen LogP contribution in [-0.4, -0.2) is 44.9 Å². The van der Waals surface area contributed by atoms with Gasteiger partial charge in [-0.3, -0.25) is 9.59 Å². The summed E-state index contributed by atoms with van der Waals surface area (Å²) in [7, 11) is 1.57. The molecule has 0 bridgehead atoms. The lowest BCUT2D eigenvalue weighted by Gasteiger charge is -2.23. The maximum atomic E-state index is 11.9. The van der Waals surface area contributed by atoms with Crippen molar-refractivity contribution >= 4 is 11.9 Å². The first-order valence-corrected chi connectivity index (χ1v) is 5.19. The number of nitrogens with zero attached hydrogens (tertiary/aromatic N) is 3. The Morgan fingerprint density at radius 3 is 2.41 bits per heavy atom. The second-order valence-corrected chi connectivity index (χ2v) is 3.88. The Morgan fingerprint density at radius 2 is 1.94 bits per heavy atom. The van der Waals surface area contributed by atoms with Gasteiger partial charge < -0.3 is 10.0 Å². The topological polar surface area (TPSA) is 83.4 Å². The molecule has 1 aromatic rings. The number of carboxylic acids is 1. The molecule has 6 heteroatoms. The third kappa shape index (κ3) is 3.51. The zero-order chi connectivity index (χ0) is 13.0. The van der Waals surface area contributed by atoms with E-state index in [0.29, 0.717) is 11.4 Å². The van der Waals surface area contributed by atoms with Crippen LogP contribution in [0.2, 0.25) is 0 Å². The summed E-state index contributed by atoms with van der Waals surface area (Å²) >= 11 is 0. The monoisotopic (exact) mass is 237 g/mol. The van der Waals surface area contributed by atoms with Gasteiger partial charge in [-0.05, 0) is 13.8 Å². The minimum absolute atomic E-state index is 0.0883. The van der Waals surface area contributed by atoms with E-state index in [1.165, 1.54) is 17.3 Å². The van der Waals surface area contributed by atoms with Gasteiger partial charge in [-0.25, -0.2) is 9.97 Å². The van der Waals surface area contributed by atoms with Gasteiger partial charge in [0.25, 0.3) is 5.91 Å². The van der Waals surface area contributed by atoms with E-state index in [4.69, 9.17) is 5.11 Å². The number of amides is 1. The van der Waals surface area contributed by atoms with Gasteiger partial charge in [0.2, 0.25) is 0 Å². The van der Waals surface area contributed by atoms with Gasteiger partial charge in [-0.2, -0.15) is 0 Å². The molecule has 0 aliphatic carbocycles. The summed E-state index contributed by atoms with van der Waals surface area (Å²) in [5.41, 5.74) is 0.357. The molecule has 0 aliphatic rings. The van der Waals surface area contributed by atoms with Crippen molar-refractivity contribution in [2.75, 3.05) is 7.05 Å². The Bertz CT molecular complexity index is 416. The number of aliphatic carboxylic acids is 1. The molecule has 1 rings (SSSR count). The molecule has 0 saturated carbocycles. The molecule has 0 aliphatic heterocycles. The predicted octanol–water partition coefficient (Wildman–Crippen LogP) is 0.720. The zero-order valence-corrected chi connectivity index (χ0v) is 10.0. The van der Waals surface area contributed by atoms with Crippen LogP contribution in [-0.2, 0) is 4.79 Å². The highest BCUT2D eigenvalue weighted by Gasteiger charge is 2.19. The molecule has 0 spiro atoms. The molecule has 1 N–H and O–H groups in total. The van der Waals surface area contributed by atoms with Crippen LogP contribution in [0.3, 0.4) is 0 Å². The Labute approximate surface area is 99.3 Å². The Morgan fingerprint density at radius 1 is 1.41 bits per heavy atom. The van der Waals surface area contributed by atoms with Crippen LogP contribution in [0, 0.1) is 6.92 Å². The molecule has 1 heterocycles. The highest BCUT2D eigenvalue weighted by atomic mass is 16.4. The van der Waals surface area contributed by atoms with E-state index in [9.17, 15) is 9.59 Å². The molecule has 6 nitrogen and oxygen atoms in total. The van der Waals surface area contributed by atoms with Gasteiger partial charge in [0, 0.05) is 25.5 Å². The van der Waals surface area contributed by atoms with Crippen LogP contribution in [0.5, 0.6) is 0 Å². The fourth-order valence-corrected chi connectivity index (χ4v) is 1.30. The number of hydrogen-bond donors (Lipinski definition) is 1. The number of hydrogen-bond acceptors (Lipinski definition) is 4. The van der Waals surface area contributed by atoms with Crippen molar-refractivity contribution in [3.63, 3.8) is 0 Å². The Kier molecular flexibility index (Phi) is 4.14. The summed E-state index contributed by atoms with van der Waals surface area (Å²) in [6, 6.07) is -0.374. The highest BCUT2D eigenvalue weighted by Crippen LogP contribution is 2.07. The largest absolute Gasteiger partial charge is 0.481 e. The van der Waals surface area contributed by atoms with E-state index in [1.54, 1.807) is 20.9 Å². The number of rotatable bonds is 4. The second kappa shape index (κ2) is 5.38. The van der Waals surface area contributed by atoms with Gasteiger partial charge in [0.05, 0.1) is 12.0 Å². The van der Waals surface area contributed by atoms with E-state index in [1.807, 2.05) is 0 Å². The standard InChI is InChI=1S/C11H15N3O3/c1-7(4-10(15)16)14(3)11(17)9-5-12-8(2)13-6-9/h5-7H,4H2,1-3H3,(H,15,16). The van der Waals surface area contributed by atoms with Crippen molar-refractivity contribution in [2.24, 2.45) is 0 Å². The van der Waals surface area contributed by atoms with E-state index in [2.05, 4.69) is 9.97 Å². The third-order valence-corrected chi connectivity index (χ3v) is 2.48. The predicted molar refractivity (Wildman–Crippen MR) is 60.6 cm³/mol. The van der Waals surface area contributed by atoms with E-state index >= 15 is 0 Å². The molecule has 1 unspecified atom stereocenters. The van der Waals surface area contributed by atoms with Crippen molar-refractivity contribution in [1.82, 2.24) is 14.9 Å². The summed E-state index contributed by atoms with van der Waals surface area (Å²) in [6.45, 7) is 3.41. The summed E-state index contributed by atoms with van der Waals surface area (Å²) in [6.07, 6.45) is 2.79. The van der Waals surface area contributed by atoms with Gasteiger partial charge >= 0.3 is 5.97 Å². The number of carbonyl (C=O) groups excluding carboxylic acids is 1. The summed E-state index contributed by atoms with van der Waals surface area (Å²) in [5, 5.41) is 8.66. The van der Waals surface area contributed by atoms with Crippen molar-refractivity contribution in [2.45, 2.75) is 26.3 Å². The van der Waals surface area contributed by atoms with Crippen LogP contribution >= 0.6 is 0 Å². The quantitative estimate of drug-likeness (QED) is 0.834.